The van der Waals surface area contributed by atoms with Crippen LogP contribution in [0, 0.1) is 0 Å². The molecule has 3 N–H and O–H groups in total. The fourth-order valence-corrected chi connectivity index (χ4v) is 2.88. The van der Waals surface area contributed by atoms with Gasteiger partial charge in [0.2, 0.25) is 11.2 Å². The maximum Gasteiger partial charge on any atom is 0.295 e. The molecule has 0 radical (unpaired) electrons. The Bertz CT molecular complexity index is 1020. The summed E-state index contributed by atoms with van der Waals surface area (Å²) in [7, 11) is -9.58. The number of carbonyl (C=O) groups is 1. The summed E-state index contributed by atoms with van der Waals surface area (Å²) >= 11 is 5.50. The minimum Gasteiger partial charge on any atom is -0.290 e. The second-order valence-corrected chi connectivity index (χ2v) is 7.29. The quantitative estimate of drug-likeness (QED) is 0.609. The lowest BCUT2D eigenvalue weighted by Gasteiger charge is -2.09. The average molecular weight is 395 g/mol. The minimum absolute atomic E-state index is 0.262. The van der Waals surface area contributed by atoms with Crippen molar-refractivity contribution < 1.29 is 30.7 Å². The van der Waals surface area contributed by atoms with Gasteiger partial charge in [-0.2, -0.15) is 21.8 Å². The topological polar surface area (TPSA) is 177 Å². The van der Waals surface area contributed by atoms with Crippen LogP contribution in [-0.4, -0.2) is 46.8 Å². The average Bonchev–Trinajstić information content (AvgIpc) is 2.44. The molecule has 11 nitrogen and oxygen atoms in total. The first kappa shape index (κ1) is 18.2. The lowest BCUT2D eigenvalue weighted by molar-refractivity contribution is 0.102. The van der Waals surface area contributed by atoms with Gasteiger partial charge in [0.1, 0.15) is 11.2 Å². The van der Waals surface area contributed by atoms with Gasteiger partial charge in [0.05, 0.1) is 10.5 Å². The second kappa shape index (κ2) is 6.37. The lowest BCUT2D eigenvalue weighted by atomic mass is 10.2. The van der Waals surface area contributed by atoms with Crippen LogP contribution in [0.5, 0.6) is 0 Å². The second-order valence-electron chi connectivity index (χ2n) is 4.14. The molecule has 0 aliphatic rings. The number of halogens is 1. The monoisotopic (exact) mass is 394 g/mol. The molecule has 0 unspecified atom stereocenters. The number of aromatic nitrogens is 3. The van der Waals surface area contributed by atoms with E-state index in [9.17, 15) is 21.6 Å². The van der Waals surface area contributed by atoms with E-state index < -0.39 is 41.5 Å². The number of nitrogens with zero attached hydrogens (tertiary/aromatic N) is 3. The van der Waals surface area contributed by atoms with Gasteiger partial charge in [-0.25, -0.2) is 9.97 Å². The van der Waals surface area contributed by atoms with Crippen molar-refractivity contribution >= 4 is 43.7 Å². The highest BCUT2D eigenvalue weighted by Crippen LogP contribution is 2.21. The van der Waals surface area contributed by atoms with E-state index in [0.29, 0.717) is 18.2 Å². The first-order chi connectivity index (χ1) is 11.0. The van der Waals surface area contributed by atoms with Gasteiger partial charge in [-0.05, 0) is 29.8 Å². The number of amides is 1. The minimum atomic E-state index is -4.86. The van der Waals surface area contributed by atoms with E-state index in [2.05, 4.69) is 20.3 Å². The number of hydrogen-bond acceptors (Lipinski definition) is 8. The van der Waals surface area contributed by atoms with Crippen LogP contribution in [0.25, 0.3) is 0 Å². The van der Waals surface area contributed by atoms with Crippen LogP contribution in [0.1, 0.15) is 10.4 Å². The molecule has 0 atom stereocenters. The molecule has 0 bridgehead atoms. The Morgan fingerprint density at radius 3 is 2.29 bits per heavy atom. The summed E-state index contributed by atoms with van der Waals surface area (Å²) in [4.78, 5) is 21.1. The van der Waals surface area contributed by atoms with Gasteiger partial charge >= 0.3 is 0 Å². The van der Waals surface area contributed by atoms with Crippen molar-refractivity contribution in [2.75, 3.05) is 5.32 Å². The number of hydrogen-bond donors (Lipinski definition) is 3. The molecule has 0 fully saturated rings. The normalized spacial score (nSPS) is 12.0. The summed E-state index contributed by atoms with van der Waals surface area (Å²) in [6, 6.07) is 1.92. The van der Waals surface area contributed by atoms with Crippen LogP contribution < -0.4 is 5.32 Å². The summed E-state index contributed by atoms with van der Waals surface area (Å²) in [5, 5.41) is 1.79. The molecule has 0 aliphatic carbocycles. The first-order valence-corrected chi connectivity index (χ1v) is 8.99. The number of anilines is 1. The predicted octanol–water partition coefficient (Wildman–Crippen LogP) is 0.271. The zero-order chi connectivity index (χ0) is 18.1. The fourth-order valence-electron chi connectivity index (χ4n) is 1.58. The van der Waals surface area contributed by atoms with Crippen molar-refractivity contribution in [3.63, 3.8) is 0 Å². The Morgan fingerprint density at radius 2 is 1.75 bits per heavy atom. The molecule has 14 heteroatoms. The molecule has 2 rings (SSSR count). The smallest absolute Gasteiger partial charge is 0.290 e. The Hall–Kier alpha value is -2.19. The van der Waals surface area contributed by atoms with Gasteiger partial charge in [0, 0.05) is 0 Å². The third-order valence-corrected chi connectivity index (χ3v) is 4.48. The molecule has 0 saturated carbocycles. The predicted molar refractivity (Wildman–Crippen MR) is 78.9 cm³/mol. The largest absolute Gasteiger partial charge is 0.295 e. The molecule has 0 spiro atoms. The molecule has 0 saturated heterocycles. The molecule has 2 aromatic rings. The first-order valence-electron chi connectivity index (χ1n) is 5.73. The van der Waals surface area contributed by atoms with Crippen LogP contribution >= 0.6 is 11.6 Å². The molecular formula is C10H7ClN4O7S2. The van der Waals surface area contributed by atoms with Crippen molar-refractivity contribution in [1.29, 1.82) is 0 Å². The van der Waals surface area contributed by atoms with Crippen LogP contribution in [0.2, 0.25) is 5.28 Å². The zero-order valence-corrected chi connectivity index (χ0v) is 13.7. The summed E-state index contributed by atoms with van der Waals surface area (Å²) in [6.07, 6.45) is 0.962. The van der Waals surface area contributed by atoms with E-state index in [4.69, 9.17) is 20.7 Å². The third kappa shape index (κ3) is 4.21. The highest BCUT2D eigenvalue weighted by molar-refractivity contribution is 7.86. The van der Waals surface area contributed by atoms with E-state index in [-0.39, 0.29) is 11.2 Å². The summed E-state index contributed by atoms with van der Waals surface area (Å²) in [6.45, 7) is 0. The van der Waals surface area contributed by atoms with E-state index in [1.807, 2.05) is 0 Å². The van der Waals surface area contributed by atoms with Crippen LogP contribution in [-0.2, 0) is 20.2 Å². The van der Waals surface area contributed by atoms with Crippen molar-refractivity contribution in [3.8, 4) is 0 Å². The highest BCUT2D eigenvalue weighted by atomic mass is 35.5. The maximum absolute atomic E-state index is 12.2. The number of rotatable bonds is 4. The lowest BCUT2D eigenvalue weighted by Crippen LogP contribution is -2.18. The van der Waals surface area contributed by atoms with E-state index >= 15 is 0 Å². The molecule has 0 aliphatic heterocycles. The van der Waals surface area contributed by atoms with Crippen LogP contribution in [0.4, 0.5) is 5.95 Å². The number of nitrogens with one attached hydrogen (secondary N) is 1. The van der Waals surface area contributed by atoms with Crippen LogP contribution in [0.15, 0.2) is 34.3 Å². The van der Waals surface area contributed by atoms with E-state index in [1.54, 1.807) is 0 Å². The fraction of sp³-hybridized carbons (Fsp3) is 0. The van der Waals surface area contributed by atoms with Crippen molar-refractivity contribution in [2.45, 2.75) is 9.79 Å². The maximum atomic E-state index is 12.2. The summed E-state index contributed by atoms with van der Waals surface area (Å²) in [5.74, 6) is -1.52. The molecule has 1 aromatic heterocycles. The van der Waals surface area contributed by atoms with Gasteiger partial charge in [-0.3, -0.25) is 19.2 Å². The van der Waals surface area contributed by atoms with E-state index in [1.165, 1.54) is 0 Å². The SMILES string of the molecule is O=C(Nc1ncnc(Cl)n1)c1cc(S(=O)(=O)O)ccc1S(=O)(=O)O. The van der Waals surface area contributed by atoms with E-state index in [0.717, 1.165) is 6.33 Å². The van der Waals surface area contributed by atoms with Crippen LogP contribution in [0.3, 0.4) is 0 Å². The van der Waals surface area contributed by atoms with Crippen molar-refractivity contribution in [1.82, 2.24) is 15.0 Å². The molecule has 24 heavy (non-hydrogen) atoms. The zero-order valence-electron chi connectivity index (χ0n) is 11.3. The molecule has 1 heterocycles. The Balaban J connectivity index is 2.55. The summed E-state index contributed by atoms with van der Waals surface area (Å²) < 4.78 is 63.1. The Kier molecular flexibility index (Phi) is 4.82. The number of carbonyl (C=O) groups excluding carboxylic acids is 1. The molecule has 1 amide bonds. The summed E-state index contributed by atoms with van der Waals surface area (Å²) in [5.41, 5.74) is -0.760. The molecule has 128 valence electrons. The third-order valence-electron chi connectivity index (χ3n) is 2.54. The van der Waals surface area contributed by atoms with Gasteiger partial charge in [-0.15, -0.1) is 0 Å². The standard InChI is InChI=1S/C10H7ClN4O7S2/c11-9-12-4-13-10(15-9)14-8(16)6-3-5(23(17,18)19)1-2-7(6)24(20,21)22/h1-4H,(H,17,18,19)(H,20,21,22)(H,12,13,14,15,16). The molecular weight excluding hydrogens is 388 g/mol. The van der Waals surface area contributed by atoms with Gasteiger partial charge in [0.15, 0.2) is 0 Å². The van der Waals surface area contributed by atoms with Crippen molar-refractivity contribution in [2.24, 2.45) is 0 Å². The van der Waals surface area contributed by atoms with Gasteiger partial charge in [-0.1, -0.05) is 0 Å². The van der Waals surface area contributed by atoms with Gasteiger partial charge < -0.3 is 0 Å². The van der Waals surface area contributed by atoms with Crippen molar-refractivity contribution in [3.05, 3.63) is 35.4 Å². The number of benzene rings is 1. The molecule has 1 aromatic carbocycles. The Labute approximate surface area is 140 Å². The highest BCUT2D eigenvalue weighted by Gasteiger charge is 2.24. The van der Waals surface area contributed by atoms with Gasteiger partial charge in [0.25, 0.3) is 26.1 Å². The Morgan fingerprint density at radius 1 is 1.08 bits per heavy atom.